The molecular weight excluding hydrogens is 449 g/mol. The van der Waals surface area contributed by atoms with Crippen molar-refractivity contribution in [1.29, 1.82) is 0 Å². The Bertz CT molecular complexity index is 484. The fourth-order valence-electron chi connectivity index (χ4n) is 3.77. The highest BCUT2D eigenvalue weighted by Crippen LogP contribution is 2.43. The minimum atomic E-state index is -3.98. The molecule has 0 heterocycles. The zero-order chi connectivity index (χ0) is 25.5. The number of phosphoric ester groups is 1. The van der Waals surface area contributed by atoms with E-state index in [2.05, 4.69) is 6.92 Å². The number of likely N-dealkylation sites (N-methyl/N-ethyl adjacent to an activating group) is 1. The van der Waals surface area contributed by atoms with E-state index in [0.717, 1.165) is 13.0 Å². The first-order valence-corrected chi connectivity index (χ1v) is 15.7. The minimum Gasteiger partial charge on any atom is -0.381 e. The average Bonchev–Trinajstić information content (AvgIpc) is 2.76. The SMILES string of the molecule is CCCCCCCCCCCCCCCCCCOC[C@H](C)COP(=O)(O)OCC[N+](C)(C)C. The normalized spacial score (nSPS) is 14.9. The standard InChI is InChI=1S/C27H58NO5P/c1-6-7-8-9-10-11-12-13-14-15-16-17-18-19-20-21-23-31-25-27(2)26-33-34(29,30)32-24-22-28(3,4)5/h27H,6-26H2,1-5H3/p+1/t27-/m0/s1. The fourth-order valence-corrected chi connectivity index (χ4v) is 4.60. The van der Waals surface area contributed by atoms with Gasteiger partial charge in [0.2, 0.25) is 0 Å². The Labute approximate surface area is 212 Å². The van der Waals surface area contributed by atoms with Crippen molar-refractivity contribution in [2.45, 2.75) is 117 Å². The Morgan fingerprint density at radius 3 is 1.56 bits per heavy atom. The molecule has 1 N–H and O–H groups in total. The number of nitrogens with zero attached hydrogens (tertiary/aromatic N) is 1. The lowest BCUT2D eigenvalue weighted by molar-refractivity contribution is -0.870. The lowest BCUT2D eigenvalue weighted by atomic mass is 10.0. The van der Waals surface area contributed by atoms with E-state index in [9.17, 15) is 9.46 Å². The lowest BCUT2D eigenvalue weighted by Gasteiger charge is -2.24. The first-order valence-electron chi connectivity index (χ1n) is 14.2. The number of hydrogen-bond donors (Lipinski definition) is 1. The van der Waals surface area contributed by atoms with Crippen LogP contribution in [0.4, 0.5) is 0 Å². The number of quaternary nitrogens is 1. The van der Waals surface area contributed by atoms with Gasteiger partial charge in [-0.25, -0.2) is 4.57 Å². The Kier molecular flexibility index (Phi) is 22.3. The van der Waals surface area contributed by atoms with Gasteiger partial charge < -0.3 is 14.1 Å². The van der Waals surface area contributed by atoms with E-state index in [1.165, 1.54) is 96.3 Å². The molecule has 0 spiro atoms. The molecule has 0 amide bonds. The van der Waals surface area contributed by atoms with Crippen molar-refractivity contribution in [2.24, 2.45) is 5.92 Å². The molecule has 34 heavy (non-hydrogen) atoms. The molecule has 206 valence electrons. The van der Waals surface area contributed by atoms with Crippen molar-refractivity contribution < 1.29 is 27.7 Å². The summed E-state index contributed by atoms with van der Waals surface area (Å²) in [6.07, 6.45) is 21.8. The molecule has 0 aliphatic rings. The number of hydrogen-bond acceptors (Lipinski definition) is 4. The van der Waals surface area contributed by atoms with Crippen molar-refractivity contribution in [2.75, 3.05) is 54.1 Å². The summed E-state index contributed by atoms with van der Waals surface area (Å²) in [7, 11) is 2.04. The third-order valence-electron chi connectivity index (χ3n) is 6.08. The molecule has 0 fully saturated rings. The first-order chi connectivity index (χ1) is 16.2. The number of rotatable bonds is 26. The van der Waals surface area contributed by atoms with Crippen LogP contribution in [0.15, 0.2) is 0 Å². The van der Waals surface area contributed by atoms with Crippen LogP contribution in [0.25, 0.3) is 0 Å². The van der Waals surface area contributed by atoms with Crippen LogP contribution in [0.1, 0.15) is 117 Å². The zero-order valence-corrected chi connectivity index (χ0v) is 24.3. The van der Waals surface area contributed by atoms with E-state index in [0.29, 0.717) is 17.6 Å². The van der Waals surface area contributed by atoms with Gasteiger partial charge in [0, 0.05) is 12.5 Å². The third kappa shape index (κ3) is 26.6. The van der Waals surface area contributed by atoms with Crippen LogP contribution in [0, 0.1) is 5.92 Å². The molecule has 0 aliphatic heterocycles. The summed E-state index contributed by atoms with van der Waals surface area (Å²) in [6.45, 7) is 6.53. The van der Waals surface area contributed by atoms with E-state index < -0.39 is 7.82 Å². The van der Waals surface area contributed by atoms with Crippen molar-refractivity contribution >= 4 is 7.82 Å². The quantitative estimate of drug-likeness (QED) is 0.0735. The Balaban J connectivity index is 3.37. The minimum absolute atomic E-state index is 0.0588. The smallest absolute Gasteiger partial charge is 0.381 e. The van der Waals surface area contributed by atoms with E-state index >= 15 is 0 Å². The van der Waals surface area contributed by atoms with Crippen LogP contribution in [0.5, 0.6) is 0 Å². The Morgan fingerprint density at radius 2 is 1.12 bits per heavy atom. The monoisotopic (exact) mass is 508 g/mol. The molecule has 2 atom stereocenters. The zero-order valence-electron chi connectivity index (χ0n) is 23.4. The van der Waals surface area contributed by atoms with Gasteiger partial charge in [-0.2, -0.15) is 0 Å². The molecule has 0 aromatic rings. The summed E-state index contributed by atoms with van der Waals surface area (Å²) < 4.78 is 28.4. The van der Waals surface area contributed by atoms with Gasteiger partial charge in [0.05, 0.1) is 34.4 Å². The van der Waals surface area contributed by atoms with Gasteiger partial charge in [0.15, 0.2) is 0 Å². The molecule has 0 rings (SSSR count). The highest BCUT2D eigenvalue weighted by molar-refractivity contribution is 7.47. The highest BCUT2D eigenvalue weighted by atomic mass is 31.2. The van der Waals surface area contributed by atoms with Gasteiger partial charge in [-0.3, -0.25) is 9.05 Å². The van der Waals surface area contributed by atoms with Gasteiger partial charge in [-0.05, 0) is 6.42 Å². The summed E-state index contributed by atoms with van der Waals surface area (Å²) in [4.78, 5) is 9.75. The maximum atomic E-state index is 11.9. The van der Waals surface area contributed by atoms with Gasteiger partial charge >= 0.3 is 7.82 Å². The molecule has 0 aliphatic carbocycles. The molecule has 0 saturated heterocycles. The topological polar surface area (TPSA) is 65.0 Å². The molecule has 0 aromatic carbocycles. The molecular formula is C27H59NO5P+. The lowest BCUT2D eigenvalue weighted by Crippen LogP contribution is -2.37. The van der Waals surface area contributed by atoms with E-state index in [1.807, 2.05) is 28.1 Å². The molecule has 7 heteroatoms. The fraction of sp³-hybridized carbons (Fsp3) is 1.00. The second-order valence-corrected chi connectivity index (χ2v) is 12.5. The Morgan fingerprint density at radius 1 is 0.676 bits per heavy atom. The first kappa shape index (κ1) is 34.0. The Hall–Kier alpha value is 0.0300. The molecule has 0 bridgehead atoms. The van der Waals surface area contributed by atoms with Crippen LogP contribution in [0.3, 0.4) is 0 Å². The van der Waals surface area contributed by atoms with Crippen molar-refractivity contribution in [1.82, 2.24) is 0 Å². The van der Waals surface area contributed by atoms with E-state index in [1.54, 1.807) is 0 Å². The van der Waals surface area contributed by atoms with Gasteiger partial charge in [-0.15, -0.1) is 0 Å². The third-order valence-corrected chi connectivity index (χ3v) is 7.07. The van der Waals surface area contributed by atoms with Crippen molar-refractivity contribution in [3.63, 3.8) is 0 Å². The molecule has 0 saturated carbocycles. The van der Waals surface area contributed by atoms with E-state index in [-0.39, 0.29) is 19.1 Å². The van der Waals surface area contributed by atoms with Crippen LogP contribution in [-0.2, 0) is 18.3 Å². The number of unbranched alkanes of at least 4 members (excludes halogenated alkanes) is 15. The van der Waals surface area contributed by atoms with Gasteiger partial charge in [-0.1, -0.05) is 110 Å². The van der Waals surface area contributed by atoms with Crippen LogP contribution in [0.2, 0.25) is 0 Å². The van der Waals surface area contributed by atoms with Crippen molar-refractivity contribution in [3.8, 4) is 0 Å². The number of phosphoric acid groups is 1. The molecule has 0 aromatic heterocycles. The second kappa shape index (κ2) is 22.2. The molecule has 1 unspecified atom stereocenters. The summed E-state index contributed by atoms with van der Waals surface area (Å²) in [5, 5.41) is 0. The predicted octanol–water partition coefficient (Wildman–Crippen LogP) is 7.74. The summed E-state index contributed by atoms with van der Waals surface area (Å²) in [5.41, 5.74) is 0. The second-order valence-electron chi connectivity index (χ2n) is 11.1. The van der Waals surface area contributed by atoms with Gasteiger partial charge in [0.25, 0.3) is 0 Å². The van der Waals surface area contributed by atoms with Crippen LogP contribution in [-0.4, -0.2) is 63.5 Å². The average molecular weight is 509 g/mol. The van der Waals surface area contributed by atoms with Crippen LogP contribution >= 0.6 is 7.82 Å². The van der Waals surface area contributed by atoms with Gasteiger partial charge in [0.1, 0.15) is 13.2 Å². The number of ether oxygens (including phenoxy) is 1. The highest BCUT2D eigenvalue weighted by Gasteiger charge is 2.23. The maximum Gasteiger partial charge on any atom is 0.472 e. The predicted molar refractivity (Wildman–Crippen MR) is 144 cm³/mol. The summed E-state index contributed by atoms with van der Waals surface area (Å²) in [6, 6.07) is 0. The summed E-state index contributed by atoms with van der Waals surface area (Å²) >= 11 is 0. The molecule has 6 nitrogen and oxygen atoms in total. The van der Waals surface area contributed by atoms with Crippen LogP contribution < -0.4 is 0 Å². The van der Waals surface area contributed by atoms with Crippen molar-refractivity contribution in [3.05, 3.63) is 0 Å². The molecule has 0 radical (unpaired) electrons. The maximum absolute atomic E-state index is 11.9. The van der Waals surface area contributed by atoms with E-state index in [4.69, 9.17) is 13.8 Å². The largest absolute Gasteiger partial charge is 0.472 e. The summed E-state index contributed by atoms with van der Waals surface area (Å²) in [5.74, 6) is 0.0588.